The van der Waals surface area contributed by atoms with E-state index in [9.17, 15) is 19.2 Å². The molecule has 69 heavy (non-hydrogen) atoms. The number of carbonyl (C=O) groups is 4. The number of rotatable bonds is 12. The van der Waals surface area contributed by atoms with Gasteiger partial charge in [0.1, 0.15) is 12.1 Å². The van der Waals surface area contributed by atoms with Crippen molar-refractivity contribution in [3.8, 4) is 34.2 Å². The number of benzene rings is 4. The molecule has 0 radical (unpaired) electrons. The molecule has 4 heterocycles. The number of anilines is 4. The zero-order chi connectivity index (χ0) is 48.1. The second-order valence-corrected chi connectivity index (χ2v) is 19.1. The Bertz CT molecular complexity index is 2730. The van der Waals surface area contributed by atoms with Crippen molar-refractivity contribution in [2.45, 2.75) is 110 Å². The van der Waals surface area contributed by atoms with Crippen molar-refractivity contribution in [1.29, 1.82) is 0 Å². The van der Waals surface area contributed by atoms with E-state index in [0.29, 0.717) is 18.1 Å². The number of nitrogens with one attached hydrogen (secondary N) is 2. The molecule has 4 aromatic carbocycles. The topological polar surface area (TPSA) is 167 Å². The number of aromatic nitrogens is 6. The van der Waals surface area contributed by atoms with Crippen molar-refractivity contribution in [3.63, 3.8) is 0 Å². The van der Waals surface area contributed by atoms with Crippen LogP contribution >= 0.6 is 0 Å². The number of aryl methyl sites for hydroxylation is 2. The maximum atomic E-state index is 13.8. The van der Waals surface area contributed by atoms with E-state index >= 15 is 0 Å². The predicted octanol–water partition coefficient (Wildman–Crippen LogP) is 7.58. The van der Waals surface area contributed by atoms with Crippen LogP contribution in [0.25, 0.3) is 34.2 Å². The van der Waals surface area contributed by atoms with Crippen LogP contribution in [-0.4, -0.2) is 105 Å². The second kappa shape index (κ2) is 18.6. The molecule has 2 atom stereocenters. The van der Waals surface area contributed by atoms with Crippen molar-refractivity contribution >= 4 is 46.4 Å². The van der Waals surface area contributed by atoms with E-state index < -0.39 is 11.8 Å². The molecule has 16 heteroatoms. The van der Waals surface area contributed by atoms with Crippen LogP contribution in [0, 0.1) is 13.8 Å². The third-order valence-electron chi connectivity index (χ3n) is 14.5. The molecule has 0 spiro atoms. The Labute approximate surface area is 402 Å². The fourth-order valence-corrected chi connectivity index (χ4v) is 10.7. The van der Waals surface area contributed by atoms with E-state index in [-0.39, 0.29) is 60.7 Å². The summed E-state index contributed by atoms with van der Waals surface area (Å²) in [6.07, 6.45) is 9.11. The number of hydrogen-bond donors (Lipinski definition) is 2. The lowest BCUT2D eigenvalue weighted by Gasteiger charge is -2.43. The quantitative estimate of drug-likeness (QED) is 0.117. The van der Waals surface area contributed by atoms with Crippen LogP contribution in [0.15, 0.2) is 84.9 Å². The maximum Gasteiger partial charge on any atom is 0.290 e. The summed E-state index contributed by atoms with van der Waals surface area (Å²) in [5.41, 5.74) is 8.89. The van der Waals surface area contributed by atoms with Gasteiger partial charge in [0.15, 0.2) is 11.6 Å². The predicted molar refractivity (Wildman–Crippen MR) is 268 cm³/mol. The van der Waals surface area contributed by atoms with Gasteiger partial charge in [0.05, 0.1) is 34.1 Å². The van der Waals surface area contributed by atoms with Crippen molar-refractivity contribution in [2.75, 3.05) is 46.8 Å². The monoisotopic (exact) mass is 928 g/mol. The lowest BCUT2D eigenvalue weighted by molar-refractivity contribution is -0.120. The van der Waals surface area contributed by atoms with E-state index in [1.54, 1.807) is 19.2 Å². The van der Waals surface area contributed by atoms with Crippen LogP contribution in [0.5, 0.6) is 0 Å². The molecule has 4 aliphatic rings. The fourth-order valence-electron chi connectivity index (χ4n) is 10.7. The van der Waals surface area contributed by atoms with Gasteiger partial charge >= 0.3 is 0 Å². The Balaban J connectivity index is 0.856. The lowest BCUT2D eigenvalue weighted by atomic mass is 10.0. The second-order valence-electron chi connectivity index (χ2n) is 19.1. The minimum absolute atomic E-state index is 0.0141. The molecular formula is C53H60N12O4. The number of likely N-dealkylation sites (N-methyl/N-ethyl adjacent to an activating group) is 2. The first-order chi connectivity index (χ1) is 33.4. The molecule has 6 aromatic rings. The molecule has 356 valence electrons. The Morgan fingerprint density at radius 1 is 0.551 bits per heavy atom. The highest BCUT2D eigenvalue weighted by Gasteiger charge is 2.40. The maximum absolute atomic E-state index is 13.8. The van der Waals surface area contributed by atoms with Crippen molar-refractivity contribution in [3.05, 3.63) is 108 Å². The Kier molecular flexibility index (Phi) is 12.3. The van der Waals surface area contributed by atoms with E-state index in [1.807, 2.05) is 115 Å². The van der Waals surface area contributed by atoms with Gasteiger partial charge in [-0.1, -0.05) is 61.1 Å². The zero-order valence-electron chi connectivity index (χ0n) is 40.3. The number of carbonyl (C=O) groups excluding carboxylic acids is 4. The minimum Gasteiger partial charge on any atom is -0.355 e. The zero-order valence-corrected chi connectivity index (χ0v) is 40.3. The van der Waals surface area contributed by atoms with Gasteiger partial charge in [-0.05, 0) is 120 Å². The molecule has 4 amide bonds. The van der Waals surface area contributed by atoms with Crippen LogP contribution in [-0.2, 0) is 9.59 Å². The molecule has 0 unspecified atom stereocenters. The first-order valence-corrected chi connectivity index (χ1v) is 24.4. The number of nitrogens with zero attached hydrogens (tertiary/aromatic N) is 10. The fraction of sp³-hybridized carbons (Fsp3) is 0.396. The van der Waals surface area contributed by atoms with Crippen molar-refractivity contribution in [1.82, 2.24) is 40.2 Å². The van der Waals surface area contributed by atoms with Gasteiger partial charge < -0.3 is 30.2 Å². The van der Waals surface area contributed by atoms with Gasteiger partial charge in [-0.3, -0.25) is 19.2 Å². The molecule has 2 aliphatic carbocycles. The van der Waals surface area contributed by atoms with Gasteiger partial charge in [0.2, 0.25) is 23.5 Å². The summed E-state index contributed by atoms with van der Waals surface area (Å²) in [5, 5.41) is 15.4. The van der Waals surface area contributed by atoms with E-state index in [1.165, 1.54) is 0 Å². The van der Waals surface area contributed by atoms with Crippen LogP contribution in [0.4, 0.5) is 22.7 Å². The highest BCUT2D eigenvalue weighted by Crippen LogP contribution is 2.44. The van der Waals surface area contributed by atoms with Crippen LogP contribution in [0.1, 0.15) is 104 Å². The molecule has 2 aliphatic heterocycles. The summed E-state index contributed by atoms with van der Waals surface area (Å²) < 4.78 is 3.40. The van der Waals surface area contributed by atoms with Gasteiger partial charge in [0, 0.05) is 50.4 Å². The summed E-state index contributed by atoms with van der Waals surface area (Å²) in [7, 11) is 3.65. The van der Waals surface area contributed by atoms with Crippen LogP contribution in [0.3, 0.4) is 0 Å². The first kappa shape index (κ1) is 45.4. The Morgan fingerprint density at radius 3 is 1.30 bits per heavy atom. The molecule has 2 aromatic heterocycles. The van der Waals surface area contributed by atoms with Gasteiger partial charge in [-0.25, -0.2) is 19.3 Å². The van der Waals surface area contributed by atoms with E-state index in [0.717, 1.165) is 108 Å². The van der Waals surface area contributed by atoms with Crippen molar-refractivity contribution in [2.24, 2.45) is 0 Å². The van der Waals surface area contributed by atoms with Crippen LogP contribution < -0.4 is 30.2 Å². The number of hydrogen-bond acceptors (Lipinski definition) is 10. The molecule has 0 saturated heterocycles. The molecule has 10 rings (SSSR count). The molecule has 16 nitrogen and oxygen atoms in total. The standard InChI is InChI=1S/C53H60N12O4/c1-32-16-22-40(23-17-32)64-48(36-20-26-42-44(30-36)62(38-12-7-8-13-38)34(3)52(68)60(42)5)56-46(58-64)50(66)54-28-11-29-55-51(67)47-57-49(65(59-47)41-24-18-33(2)19-25-41)37-21-27-43-45(31-37)63(39-14-9-10-15-39)35(4)53(69)61(43)6/h16-27,30-31,34-35,38-39H,7-15,28-29H2,1-6H3,(H,54,66)(H,55,67)/t34-,35-/m1/s1. The lowest BCUT2D eigenvalue weighted by Crippen LogP contribution is -2.54. The van der Waals surface area contributed by atoms with Crippen LogP contribution in [0.2, 0.25) is 0 Å². The van der Waals surface area contributed by atoms with Gasteiger partial charge in [-0.2, -0.15) is 0 Å². The summed E-state index contributed by atoms with van der Waals surface area (Å²) in [6.45, 7) is 8.49. The number of amides is 4. The summed E-state index contributed by atoms with van der Waals surface area (Å²) in [4.78, 5) is 71.9. The molecular weight excluding hydrogens is 869 g/mol. The highest BCUT2D eigenvalue weighted by atomic mass is 16.2. The molecule has 2 N–H and O–H groups in total. The Morgan fingerprint density at radius 2 is 0.928 bits per heavy atom. The molecule has 2 fully saturated rings. The highest BCUT2D eigenvalue weighted by molar-refractivity contribution is 6.06. The van der Waals surface area contributed by atoms with E-state index in [2.05, 4.69) is 32.6 Å². The Hall–Kier alpha value is -7.36. The SMILES string of the molecule is Cc1ccc(-n2nc(C(=O)NCCCNC(=O)c3nc(-c4ccc5c(c4)N(C4CCCC4)[C@H](C)C(=O)N5C)n(-c4ccc(C)cc4)n3)nc2-c2ccc3c(c2)N(C2CCCC2)[C@H](C)C(=O)N3C)cc1. The number of fused-ring (bicyclic) bond motifs is 2. The normalized spacial score (nSPS) is 18.5. The van der Waals surface area contributed by atoms with Gasteiger partial charge in [0.25, 0.3) is 11.8 Å². The van der Waals surface area contributed by atoms with Crippen molar-refractivity contribution < 1.29 is 19.2 Å². The van der Waals surface area contributed by atoms with E-state index in [4.69, 9.17) is 20.2 Å². The molecule has 0 bridgehead atoms. The third-order valence-corrected chi connectivity index (χ3v) is 14.5. The molecule has 2 saturated carbocycles. The smallest absolute Gasteiger partial charge is 0.290 e. The minimum atomic E-state index is -0.442. The average Bonchev–Trinajstić information content (AvgIpc) is 4.22. The summed E-state index contributed by atoms with van der Waals surface area (Å²) >= 11 is 0. The summed E-state index contributed by atoms with van der Waals surface area (Å²) in [5.74, 6) is 0.296. The first-order valence-electron chi connectivity index (χ1n) is 24.4. The van der Waals surface area contributed by atoms with Gasteiger partial charge in [-0.15, -0.1) is 10.2 Å². The summed E-state index contributed by atoms with van der Waals surface area (Å²) in [6, 6.07) is 27.7. The average molecular weight is 929 g/mol. The largest absolute Gasteiger partial charge is 0.355 e. The third kappa shape index (κ3) is 8.50.